The van der Waals surface area contributed by atoms with Crippen molar-refractivity contribution in [3.8, 4) is 11.5 Å². The Bertz CT molecular complexity index is 2650. The van der Waals surface area contributed by atoms with Crippen LogP contribution in [0.3, 0.4) is 0 Å². The van der Waals surface area contributed by atoms with Gasteiger partial charge in [-0.25, -0.2) is 0 Å². The van der Waals surface area contributed by atoms with Gasteiger partial charge in [0.25, 0.3) is 5.91 Å². The van der Waals surface area contributed by atoms with Crippen LogP contribution in [0.4, 0.5) is 5.69 Å². The van der Waals surface area contributed by atoms with Crippen molar-refractivity contribution in [3.63, 3.8) is 0 Å². The second-order valence-electron chi connectivity index (χ2n) is 14.8. The first kappa shape index (κ1) is 35.4. The molecular formula is C47H38N2O3S3. The molecule has 1 aliphatic carbocycles. The molecule has 0 aromatic heterocycles. The molecule has 1 amide bonds. The number of thioether (sulfide) groups is 2. The number of rotatable bonds is 8. The second kappa shape index (κ2) is 14.8. The topological polar surface area (TPSA) is 42.0 Å². The predicted octanol–water partition coefficient (Wildman–Crippen LogP) is 12.4. The van der Waals surface area contributed by atoms with Gasteiger partial charge in [-0.05, 0) is 92.8 Å². The minimum absolute atomic E-state index is 0.0290. The number of fused-ring (bicyclic) bond motifs is 5. The quantitative estimate of drug-likeness (QED) is 0.113. The Morgan fingerprint density at radius 2 is 1.40 bits per heavy atom. The van der Waals surface area contributed by atoms with Gasteiger partial charge in [0, 0.05) is 10.3 Å². The summed E-state index contributed by atoms with van der Waals surface area (Å²) in [6, 6.07) is 41.6. The first-order chi connectivity index (χ1) is 26.8. The number of amides is 1. The van der Waals surface area contributed by atoms with Crippen LogP contribution in [0.1, 0.15) is 26.7 Å². The molecule has 6 aromatic rings. The Kier molecular flexibility index (Phi) is 9.50. The summed E-state index contributed by atoms with van der Waals surface area (Å²) in [6.07, 6.45) is 10.4. The molecular weight excluding hydrogens is 737 g/mol. The highest BCUT2D eigenvalue weighted by atomic mass is 32.2. The summed E-state index contributed by atoms with van der Waals surface area (Å²) < 4.78 is 13.1. The summed E-state index contributed by atoms with van der Waals surface area (Å²) in [4.78, 5) is 19.2. The molecule has 0 N–H and O–H groups in total. The molecule has 6 aromatic carbocycles. The molecule has 2 heterocycles. The van der Waals surface area contributed by atoms with E-state index in [4.69, 9.17) is 21.7 Å². The molecule has 0 saturated carbocycles. The van der Waals surface area contributed by atoms with E-state index >= 15 is 0 Å². The maximum absolute atomic E-state index is 13.6. The summed E-state index contributed by atoms with van der Waals surface area (Å²) in [6.45, 7) is 5.06. The number of carbonyl (C=O) groups excluding carboxylic acids is 1. The van der Waals surface area contributed by atoms with Crippen LogP contribution in [0, 0.1) is 5.41 Å². The van der Waals surface area contributed by atoms with Gasteiger partial charge in [-0.15, -0.1) is 0 Å². The number of carbonyl (C=O) groups is 1. The number of nitrogens with zero attached hydrogens (tertiary/aromatic N) is 2. The van der Waals surface area contributed by atoms with E-state index in [-0.39, 0.29) is 18.1 Å². The van der Waals surface area contributed by atoms with E-state index in [1.165, 1.54) is 48.9 Å². The molecule has 0 atom stereocenters. The maximum Gasteiger partial charge on any atom is 0.268 e. The van der Waals surface area contributed by atoms with Gasteiger partial charge in [-0.1, -0.05) is 159 Å². The SMILES string of the molecule is CC1(C)CC(/C=C2\Sc3c(ccc4ccccc34)N2COc2ccc3ccccc3c2)=CC(=C/C=C2/SC(=S)N(COc3cccc4ccccc34)C2=O)/C1. The van der Waals surface area contributed by atoms with Crippen LogP contribution in [-0.4, -0.2) is 28.6 Å². The Morgan fingerprint density at radius 3 is 2.24 bits per heavy atom. The Balaban J connectivity index is 0.978. The lowest BCUT2D eigenvalue weighted by Gasteiger charge is -2.31. The van der Waals surface area contributed by atoms with Gasteiger partial charge in [-0.3, -0.25) is 9.69 Å². The standard InChI is InChI=1S/C47H38N2O3S3/c1-47(2)27-31(18-23-42-45(50)49(46(53)54-42)30-52-41-17-9-14-34-11-5-7-15-38(34)41)24-32(28-47)25-43-48(29-51-37-21-19-33-10-3-4-13-36(33)26-37)40-22-20-35-12-6-8-16-39(35)44(40)55-43/h3-26H,27-30H2,1-2H3/b31-18-,42-23+,43-25-. The number of hydrogen-bond acceptors (Lipinski definition) is 7. The average Bonchev–Trinajstić information content (AvgIpc) is 3.68. The van der Waals surface area contributed by atoms with Crippen molar-refractivity contribution in [2.24, 2.45) is 5.41 Å². The fraction of sp³-hybridized carbons (Fsp3) is 0.149. The minimum atomic E-state index is -0.136. The third kappa shape index (κ3) is 7.30. The molecule has 2 aliphatic heterocycles. The number of benzene rings is 6. The van der Waals surface area contributed by atoms with Crippen LogP contribution in [0.15, 0.2) is 172 Å². The molecule has 8 heteroatoms. The zero-order valence-corrected chi connectivity index (χ0v) is 33.0. The molecule has 0 radical (unpaired) electrons. The fourth-order valence-corrected chi connectivity index (χ4v) is 10.0. The third-order valence-corrected chi connectivity index (χ3v) is 12.7. The van der Waals surface area contributed by atoms with E-state index in [2.05, 4.69) is 110 Å². The summed E-state index contributed by atoms with van der Waals surface area (Å²) in [5.74, 6) is 1.43. The van der Waals surface area contributed by atoms with E-state index in [9.17, 15) is 4.79 Å². The van der Waals surface area contributed by atoms with Crippen LogP contribution >= 0.6 is 35.7 Å². The lowest BCUT2D eigenvalue weighted by Crippen LogP contribution is -2.32. The molecule has 5 nitrogen and oxygen atoms in total. The lowest BCUT2D eigenvalue weighted by molar-refractivity contribution is -0.124. The first-order valence-electron chi connectivity index (χ1n) is 18.3. The summed E-state index contributed by atoms with van der Waals surface area (Å²) in [5.41, 5.74) is 3.59. The Morgan fingerprint density at radius 1 is 0.709 bits per heavy atom. The zero-order chi connectivity index (χ0) is 37.5. The highest BCUT2D eigenvalue weighted by molar-refractivity contribution is 8.26. The molecule has 9 rings (SSSR count). The van der Waals surface area contributed by atoms with Gasteiger partial charge in [0.2, 0.25) is 0 Å². The molecule has 1 fully saturated rings. The largest absolute Gasteiger partial charge is 0.473 e. The normalized spacial score (nSPS) is 18.9. The zero-order valence-electron chi connectivity index (χ0n) is 30.5. The summed E-state index contributed by atoms with van der Waals surface area (Å²) >= 11 is 8.77. The van der Waals surface area contributed by atoms with E-state index in [0.717, 1.165) is 51.2 Å². The molecule has 55 heavy (non-hydrogen) atoms. The minimum Gasteiger partial charge on any atom is -0.473 e. The highest BCUT2D eigenvalue weighted by Gasteiger charge is 2.33. The molecule has 272 valence electrons. The second-order valence-corrected chi connectivity index (χ2v) is 17.5. The van der Waals surface area contributed by atoms with Crippen molar-refractivity contribution < 1.29 is 14.3 Å². The average molecular weight is 775 g/mol. The van der Waals surface area contributed by atoms with Crippen LogP contribution < -0.4 is 14.4 Å². The van der Waals surface area contributed by atoms with Crippen molar-refractivity contribution in [1.29, 1.82) is 0 Å². The van der Waals surface area contributed by atoms with Crippen molar-refractivity contribution >= 4 is 84.0 Å². The predicted molar refractivity (Wildman–Crippen MR) is 234 cm³/mol. The van der Waals surface area contributed by atoms with Gasteiger partial charge >= 0.3 is 0 Å². The fourth-order valence-electron chi connectivity index (χ4n) is 7.60. The van der Waals surface area contributed by atoms with Crippen molar-refractivity contribution in [3.05, 3.63) is 167 Å². The maximum atomic E-state index is 13.6. The first-order valence-corrected chi connectivity index (χ1v) is 20.4. The number of allylic oxidation sites excluding steroid dienone is 6. The molecule has 0 spiro atoms. The Hall–Kier alpha value is -5.28. The van der Waals surface area contributed by atoms with Gasteiger partial charge in [0.05, 0.1) is 15.6 Å². The highest BCUT2D eigenvalue weighted by Crippen LogP contribution is 2.51. The monoisotopic (exact) mass is 774 g/mol. The number of anilines is 1. The van der Waals surface area contributed by atoms with Crippen LogP contribution in [0.25, 0.3) is 32.3 Å². The van der Waals surface area contributed by atoms with Crippen molar-refractivity contribution in [1.82, 2.24) is 4.90 Å². The summed E-state index contributed by atoms with van der Waals surface area (Å²) in [5, 5.41) is 8.02. The van der Waals surface area contributed by atoms with E-state index in [1.54, 1.807) is 11.8 Å². The van der Waals surface area contributed by atoms with Gasteiger partial charge in [0.15, 0.2) is 17.8 Å². The van der Waals surface area contributed by atoms with E-state index < -0.39 is 0 Å². The molecule has 1 saturated heterocycles. The van der Waals surface area contributed by atoms with E-state index in [1.807, 2.05) is 54.6 Å². The van der Waals surface area contributed by atoms with Crippen molar-refractivity contribution in [2.75, 3.05) is 18.4 Å². The van der Waals surface area contributed by atoms with E-state index in [0.29, 0.717) is 16.0 Å². The van der Waals surface area contributed by atoms with Crippen LogP contribution in [-0.2, 0) is 4.79 Å². The van der Waals surface area contributed by atoms with Gasteiger partial charge < -0.3 is 14.4 Å². The number of hydrogen-bond donors (Lipinski definition) is 0. The molecule has 0 unspecified atom stereocenters. The molecule has 0 bridgehead atoms. The number of thiocarbonyl (C=S) groups is 1. The summed E-state index contributed by atoms with van der Waals surface area (Å²) in [7, 11) is 0. The van der Waals surface area contributed by atoms with Crippen LogP contribution in [0.5, 0.6) is 11.5 Å². The smallest absolute Gasteiger partial charge is 0.268 e. The van der Waals surface area contributed by atoms with Gasteiger partial charge in [0.1, 0.15) is 11.5 Å². The molecule has 3 aliphatic rings. The Labute approximate surface area is 335 Å². The number of ether oxygens (including phenoxy) is 2. The third-order valence-electron chi connectivity index (χ3n) is 10.2. The van der Waals surface area contributed by atoms with Gasteiger partial charge in [-0.2, -0.15) is 0 Å². The lowest BCUT2D eigenvalue weighted by atomic mass is 9.75. The van der Waals surface area contributed by atoms with Crippen LogP contribution in [0.2, 0.25) is 0 Å². The van der Waals surface area contributed by atoms with Crippen molar-refractivity contribution in [2.45, 2.75) is 31.6 Å².